The van der Waals surface area contributed by atoms with Gasteiger partial charge in [-0.1, -0.05) is 0 Å². The Bertz CT molecular complexity index is 383. The summed E-state index contributed by atoms with van der Waals surface area (Å²) in [5, 5.41) is 0. The second-order valence-corrected chi connectivity index (χ2v) is 8.07. The predicted octanol–water partition coefficient (Wildman–Crippen LogP) is 1.95. The van der Waals surface area contributed by atoms with E-state index in [-0.39, 0.29) is 50.8 Å². The van der Waals surface area contributed by atoms with Gasteiger partial charge >= 0.3 is 129 Å². The molecule has 3 saturated carbocycles. The van der Waals surface area contributed by atoms with E-state index in [0.717, 1.165) is 23.7 Å². The van der Waals surface area contributed by atoms with Crippen LogP contribution in [0.3, 0.4) is 0 Å². The third-order valence-electron chi connectivity index (χ3n) is 5.04. The number of epoxide rings is 1. The minimum absolute atomic E-state index is 0.241. The number of hydrogen-bond acceptors (Lipinski definition) is 3. The fourth-order valence-electron chi connectivity index (χ4n) is 4.43. The van der Waals surface area contributed by atoms with Crippen molar-refractivity contribution in [2.75, 3.05) is 0 Å². The van der Waals surface area contributed by atoms with Gasteiger partial charge in [-0.3, -0.25) is 0 Å². The Kier molecular flexibility index (Phi) is 2.80. The molecule has 7 unspecified atom stereocenters. The van der Waals surface area contributed by atoms with Crippen molar-refractivity contribution in [3.8, 4) is 0 Å². The summed E-state index contributed by atoms with van der Waals surface area (Å²) >= 11 is -0.256. The molecule has 4 heteroatoms. The fourth-order valence-corrected chi connectivity index (χ4v) is 7.02. The van der Waals surface area contributed by atoms with Crippen LogP contribution >= 0.6 is 0 Å². The van der Waals surface area contributed by atoms with Crippen LogP contribution in [0.15, 0.2) is 12.7 Å². The number of carbonyl (C=O) groups is 1. The summed E-state index contributed by atoms with van der Waals surface area (Å²) < 4.78 is 11.7. The van der Waals surface area contributed by atoms with Crippen LogP contribution in [0.25, 0.3) is 0 Å². The van der Waals surface area contributed by atoms with Crippen molar-refractivity contribution in [3.63, 3.8) is 0 Å². The summed E-state index contributed by atoms with van der Waals surface area (Å²) in [6.07, 6.45) is 6.43. The summed E-state index contributed by atoms with van der Waals surface area (Å²) in [6, 6.07) is 0. The van der Waals surface area contributed by atoms with Crippen LogP contribution < -0.4 is 0 Å². The van der Waals surface area contributed by atoms with Crippen molar-refractivity contribution in [1.82, 2.24) is 0 Å². The Hall–Kier alpha value is 0.741. The van der Waals surface area contributed by atoms with Gasteiger partial charge in [-0.05, 0) is 0 Å². The van der Waals surface area contributed by atoms with Crippen molar-refractivity contribution < 1.29 is 54.4 Å². The summed E-state index contributed by atoms with van der Waals surface area (Å²) in [6.45, 7) is 3.45. The van der Waals surface area contributed by atoms with Gasteiger partial charge in [-0.2, -0.15) is 0 Å². The van der Waals surface area contributed by atoms with E-state index in [1.54, 1.807) is 0 Å². The van der Waals surface area contributed by atoms with Gasteiger partial charge in [0.05, 0.1) is 0 Å². The Morgan fingerprint density at radius 1 is 1.35 bits per heavy atom. The Balaban J connectivity index is 1.43. The molecule has 0 amide bonds. The maximum absolute atomic E-state index is 11.1. The second-order valence-electron chi connectivity index (χ2n) is 5.69. The predicted molar refractivity (Wildman–Crippen MR) is 56.5 cm³/mol. The van der Waals surface area contributed by atoms with Crippen molar-refractivity contribution in [2.24, 2.45) is 23.7 Å². The van der Waals surface area contributed by atoms with Crippen LogP contribution in [-0.4, -0.2) is 18.2 Å². The van der Waals surface area contributed by atoms with Gasteiger partial charge in [0.2, 0.25) is 0 Å². The number of ether oxygens (including phenoxy) is 1. The Labute approximate surface area is 127 Å². The van der Waals surface area contributed by atoms with Crippen LogP contribution in [0.2, 0.25) is 0.386 Å². The molecular formula is C13H16O3Xe. The normalized spacial score (nSPS) is 53.3. The molecule has 0 aromatic heterocycles. The van der Waals surface area contributed by atoms with Gasteiger partial charge in [0.15, 0.2) is 0 Å². The van der Waals surface area contributed by atoms with Crippen LogP contribution in [0.5, 0.6) is 0 Å². The molecule has 3 aliphatic carbocycles. The van der Waals surface area contributed by atoms with E-state index in [1.807, 2.05) is 0 Å². The molecule has 4 fully saturated rings. The van der Waals surface area contributed by atoms with E-state index < -0.39 is 0 Å². The molecule has 17 heavy (non-hydrogen) atoms. The second kappa shape index (κ2) is 4.12. The maximum atomic E-state index is 11.1. The van der Waals surface area contributed by atoms with Gasteiger partial charge in [0.25, 0.3) is 0 Å². The van der Waals surface area contributed by atoms with Crippen molar-refractivity contribution in [3.05, 3.63) is 12.7 Å². The molecule has 3 nitrogen and oxygen atoms in total. The van der Waals surface area contributed by atoms with Gasteiger partial charge in [-0.15, -0.1) is 0 Å². The number of hydrogen-bond donors (Lipinski definition) is 0. The molecular weight excluding hydrogens is 335 g/mol. The van der Waals surface area contributed by atoms with Crippen LogP contribution in [0.1, 0.15) is 19.3 Å². The van der Waals surface area contributed by atoms with Gasteiger partial charge < -0.3 is 0 Å². The molecule has 0 spiro atoms. The third-order valence-corrected chi connectivity index (χ3v) is 7.63. The first-order valence-corrected chi connectivity index (χ1v) is 8.36. The molecule has 94 valence electrons. The van der Waals surface area contributed by atoms with Crippen LogP contribution in [0.4, 0.5) is 0 Å². The summed E-state index contributed by atoms with van der Waals surface area (Å²) in [5.41, 5.74) is 0. The zero-order chi connectivity index (χ0) is 11.6. The Morgan fingerprint density at radius 3 is 3.06 bits per heavy atom. The molecule has 1 saturated heterocycles. The average molecular weight is 352 g/mol. The molecule has 7 atom stereocenters. The topological polar surface area (TPSA) is 38.8 Å². The summed E-state index contributed by atoms with van der Waals surface area (Å²) in [5.74, 6) is 3.20. The van der Waals surface area contributed by atoms with E-state index in [2.05, 4.69) is 6.58 Å². The summed E-state index contributed by atoms with van der Waals surface area (Å²) in [4.78, 5) is 11.1. The van der Waals surface area contributed by atoms with E-state index in [9.17, 15) is 4.79 Å². The van der Waals surface area contributed by atoms with Crippen LogP contribution in [0, 0.1) is 68.5 Å². The standard InChI is InChI=1S/C13H16O3Xe/c1-2-11(14)16-17-10-4-6-3-8(10)12-7(6)5-9-13(12)15-9/h2,6-10,12-13H,1,3-5H2. The third kappa shape index (κ3) is 1.74. The SMILES string of the molecule is C=CC(=O)O[Xe]C1CC2CC1C1C2CC2OC21. The minimum atomic E-state index is -0.256. The van der Waals surface area contributed by atoms with E-state index in [1.165, 1.54) is 25.3 Å². The zero-order valence-corrected chi connectivity index (χ0v) is 11.5. The first kappa shape index (κ1) is 11.6. The van der Waals surface area contributed by atoms with Gasteiger partial charge in [-0.25, -0.2) is 0 Å². The molecule has 0 N–H and O–H groups in total. The molecule has 4 aliphatic rings. The average Bonchev–Trinajstić information content (AvgIpc) is 2.75. The zero-order valence-electron chi connectivity index (χ0n) is 9.53. The van der Waals surface area contributed by atoms with Gasteiger partial charge in [0, 0.05) is 0 Å². The van der Waals surface area contributed by atoms with Crippen LogP contribution in [-0.2, 0) is 9.59 Å². The molecule has 2 bridgehead atoms. The van der Waals surface area contributed by atoms with Crippen molar-refractivity contribution in [2.45, 2.75) is 31.9 Å². The first-order chi connectivity index (χ1) is 8.28. The van der Waals surface area contributed by atoms with E-state index in [4.69, 9.17) is 4.79 Å². The van der Waals surface area contributed by atoms with E-state index in [0.29, 0.717) is 12.6 Å². The molecule has 4 rings (SSSR count). The molecule has 1 heterocycles. The Morgan fingerprint density at radius 2 is 2.24 bits per heavy atom. The fraction of sp³-hybridized carbons (Fsp3) is 0.769. The van der Waals surface area contributed by atoms with E-state index >= 15 is 0 Å². The monoisotopic (exact) mass is 352 g/mol. The number of rotatable bonds is 3. The molecule has 0 aromatic rings. The number of carbonyl (C=O) groups excluding carboxylic acids is 1. The van der Waals surface area contributed by atoms with Crippen molar-refractivity contribution in [1.29, 1.82) is 0 Å². The number of fused-ring (bicyclic) bond motifs is 7. The van der Waals surface area contributed by atoms with Crippen molar-refractivity contribution >= 4 is 5.97 Å². The summed E-state index contributed by atoms with van der Waals surface area (Å²) in [7, 11) is 0. The van der Waals surface area contributed by atoms with Gasteiger partial charge in [0.1, 0.15) is 0 Å². The molecule has 0 aromatic carbocycles. The quantitative estimate of drug-likeness (QED) is 0.576. The molecule has 0 radical (unpaired) electrons. The molecule has 1 aliphatic heterocycles. The first-order valence-electron chi connectivity index (χ1n) is 6.37.